The Morgan fingerprint density at radius 1 is 1.35 bits per heavy atom. The summed E-state index contributed by atoms with van der Waals surface area (Å²) in [6.45, 7) is 8.71. The van der Waals surface area contributed by atoms with Crippen LogP contribution in [0.3, 0.4) is 0 Å². The molecule has 0 radical (unpaired) electrons. The number of anilines is 1. The molecule has 1 aromatic rings. The van der Waals surface area contributed by atoms with E-state index >= 15 is 0 Å². The van der Waals surface area contributed by atoms with Crippen molar-refractivity contribution in [3.63, 3.8) is 0 Å². The van der Waals surface area contributed by atoms with Gasteiger partial charge in [0, 0.05) is 44.3 Å². The van der Waals surface area contributed by atoms with Crippen molar-refractivity contribution < 1.29 is 4.79 Å². The van der Waals surface area contributed by atoms with E-state index in [0.29, 0.717) is 6.04 Å². The molecule has 0 saturated carbocycles. The minimum Gasteiger partial charge on any atom is -0.369 e. The average molecular weight is 275 g/mol. The van der Waals surface area contributed by atoms with Crippen molar-refractivity contribution in [2.75, 3.05) is 18.0 Å². The predicted octanol–water partition coefficient (Wildman–Crippen LogP) is 1.90. The zero-order chi connectivity index (χ0) is 14.5. The SMILES string of the molecule is CC(=O)NC1CCN(c2ccc(CNC(C)C)cc2)C1. The molecular weight excluding hydrogens is 250 g/mol. The maximum Gasteiger partial charge on any atom is 0.217 e. The molecule has 1 aliphatic rings. The molecule has 1 fully saturated rings. The highest BCUT2D eigenvalue weighted by Crippen LogP contribution is 2.20. The summed E-state index contributed by atoms with van der Waals surface area (Å²) in [6, 6.07) is 9.50. The van der Waals surface area contributed by atoms with Gasteiger partial charge >= 0.3 is 0 Å². The number of carbonyl (C=O) groups is 1. The van der Waals surface area contributed by atoms with Crippen LogP contribution in [0, 0.1) is 0 Å². The molecule has 1 amide bonds. The highest BCUT2D eigenvalue weighted by molar-refractivity contribution is 5.73. The standard InChI is InChI=1S/C16H25N3O/c1-12(2)17-10-14-4-6-16(7-5-14)19-9-8-15(11-19)18-13(3)20/h4-7,12,15,17H,8-11H2,1-3H3,(H,18,20). The first-order chi connectivity index (χ1) is 9.54. The van der Waals surface area contributed by atoms with Gasteiger partial charge in [0.1, 0.15) is 0 Å². The van der Waals surface area contributed by atoms with E-state index in [1.165, 1.54) is 11.3 Å². The number of benzene rings is 1. The summed E-state index contributed by atoms with van der Waals surface area (Å²) in [6.07, 6.45) is 1.02. The normalized spacial score (nSPS) is 18.6. The molecule has 110 valence electrons. The number of rotatable bonds is 5. The van der Waals surface area contributed by atoms with Gasteiger partial charge in [-0.25, -0.2) is 0 Å². The fourth-order valence-electron chi connectivity index (χ4n) is 2.55. The van der Waals surface area contributed by atoms with Crippen molar-refractivity contribution in [2.24, 2.45) is 0 Å². The number of hydrogen-bond acceptors (Lipinski definition) is 3. The van der Waals surface area contributed by atoms with Gasteiger partial charge in [-0.2, -0.15) is 0 Å². The maximum atomic E-state index is 11.1. The number of carbonyl (C=O) groups excluding carboxylic acids is 1. The molecule has 1 aromatic carbocycles. The van der Waals surface area contributed by atoms with Gasteiger partial charge in [0.25, 0.3) is 0 Å². The van der Waals surface area contributed by atoms with Gasteiger partial charge in [-0.3, -0.25) is 4.79 Å². The van der Waals surface area contributed by atoms with Gasteiger partial charge in [-0.15, -0.1) is 0 Å². The molecule has 0 aliphatic carbocycles. The van der Waals surface area contributed by atoms with Crippen LogP contribution in [0.1, 0.15) is 32.8 Å². The number of nitrogens with one attached hydrogen (secondary N) is 2. The molecule has 2 rings (SSSR count). The third-order valence-electron chi connectivity index (χ3n) is 3.61. The molecule has 1 saturated heterocycles. The van der Waals surface area contributed by atoms with Crippen molar-refractivity contribution in [1.29, 1.82) is 0 Å². The lowest BCUT2D eigenvalue weighted by Crippen LogP contribution is -2.35. The Hall–Kier alpha value is -1.55. The second-order valence-corrected chi connectivity index (χ2v) is 5.83. The first-order valence-electron chi connectivity index (χ1n) is 7.39. The van der Waals surface area contributed by atoms with Crippen LogP contribution in [0.2, 0.25) is 0 Å². The van der Waals surface area contributed by atoms with Crippen LogP contribution in [0.5, 0.6) is 0 Å². The Bertz CT molecular complexity index is 442. The molecule has 4 heteroatoms. The van der Waals surface area contributed by atoms with E-state index < -0.39 is 0 Å². The Morgan fingerprint density at radius 3 is 2.65 bits per heavy atom. The Kier molecular flexibility index (Phi) is 5.01. The Morgan fingerprint density at radius 2 is 2.05 bits per heavy atom. The summed E-state index contributed by atoms with van der Waals surface area (Å²) in [4.78, 5) is 13.4. The average Bonchev–Trinajstić information content (AvgIpc) is 2.84. The van der Waals surface area contributed by atoms with Gasteiger partial charge in [0.05, 0.1) is 0 Å². The zero-order valence-electron chi connectivity index (χ0n) is 12.6. The van der Waals surface area contributed by atoms with Crippen LogP contribution in [-0.2, 0) is 11.3 Å². The van der Waals surface area contributed by atoms with Crippen LogP contribution in [0.25, 0.3) is 0 Å². The lowest BCUT2D eigenvalue weighted by Gasteiger charge is -2.19. The third-order valence-corrected chi connectivity index (χ3v) is 3.61. The summed E-state index contributed by atoms with van der Waals surface area (Å²) >= 11 is 0. The molecule has 0 spiro atoms. The monoisotopic (exact) mass is 275 g/mol. The van der Waals surface area contributed by atoms with Crippen LogP contribution >= 0.6 is 0 Å². The van der Waals surface area contributed by atoms with E-state index in [2.05, 4.69) is 53.6 Å². The van der Waals surface area contributed by atoms with Gasteiger partial charge in [-0.1, -0.05) is 26.0 Å². The summed E-state index contributed by atoms with van der Waals surface area (Å²) in [5, 5.41) is 6.41. The molecule has 4 nitrogen and oxygen atoms in total. The minimum atomic E-state index is 0.0620. The molecule has 20 heavy (non-hydrogen) atoms. The molecule has 0 bridgehead atoms. The van der Waals surface area contributed by atoms with E-state index in [0.717, 1.165) is 26.1 Å². The Balaban J connectivity index is 1.89. The highest BCUT2D eigenvalue weighted by atomic mass is 16.1. The van der Waals surface area contributed by atoms with Crippen molar-refractivity contribution >= 4 is 11.6 Å². The fraction of sp³-hybridized carbons (Fsp3) is 0.562. The maximum absolute atomic E-state index is 11.1. The van der Waals surface area contributed by atoms with Crippen molar-refractivity contribution in [1.82, 2.24) is 10.6 Å². The van der Waals surface area contributed by atoms with Crippen LogP contribution in [-0.4, -0.2) is 31.1 Å². The largest absolute Gasteiger partial charge is 0.369 e. The van der Waals surface area contributed by atoms with Crippen LogP contribution < -0.4 is 15.5 Å². The quantitative estimate of drug-likeness (QED) is 0.862. The lowest BCUT2D eigenvalue weighted by atomic mass is 10.2. The smallest absolute Gasteiger partial charge is 0.217 e. The summed E-state index contributed by atoms with van der Waals surface area (Å²) < 4.78 is 0. The number of amides is 1. The lowest BCUT2D eigenvalue weighted by molar-refractivity contribution is -0.119. The van der Waals surface area contributed by atoms with E-state index in [-0.39, 0.29) is 11.9 Å². The zero-order valence-corrected chi connectivity index (χ0v) is 12.6. The highest BCUT2D eigenvalue weighted by Gasteiger charge is 2.22. The van der Waals surface area contributed by atoms with Crippen molar-refractivity contribution in [3.05, 3.63) is 29.8 Å². The molecule has 0 aromatic heterocycles. The van der Waals surface area contributed by atoms with E-state index in [4.69, 9.17) is 0 Å². The fourth-order valence-corrected chi connectivity index (χ4v) is 2.55. The first-order valence-corrected chi connectivity index (χ1v) is 7.39. The first kappa shape index (κ1) is 14.9. The summed E-state index contributed by atoms with van der Waals surface area (Å²) in [5.41, 5.74) is 2.55. The second-order valence-electron chi connectivity index (χ2n) is 5.83. The molecule has 1 heterocycles. The Labute approximate surface area is 121 Å². The third kappa shape index (κ3) is 4.23. The van der Waals surface area contributed by atoms with Crippen molar-refractivity contribution in [3.8, 4) is 0 Å². The van der Waals surface area contributed by atoms with E-state index in [1.54, 1.807) is 6.92 Å². The van der Waals surface area contributed by atoms with Crippen molar-refractivity contribution in [2.45, 2.75) is 45.8 Å². The molecule has 1 unspecified atom stereocenters. The van der Waals surface area contributed by atoms with Gasteiger partial charge in [0.15, 0.2) is 0 Å². The molecular formula is C16H25N3O. The molecule has 2 N–H and O–H groups in total. The van der Waals surface area contributed by atoms with E-state index in [9.17, 15) is 4.79 Å². The minimum absolute atomic E-state index is 0.0620. The second kappa shape index (κ2) is 6.75. The summed E-state index contributed by atoms with van der Waals surface area (Å²) in [5.74, 6) is 0.0620. The topological polar surface area (TPSA) is 44.4 Å². The summed E-state index contributed by atoms with van der Waals surface area (Å²) in [7, 11) is 0. The molecule has 1 atom stereocenters. The molecule has 1 aliphatic heterocycles. The number of hydrogen-bond donors (Lipinski definition) is 2. The van der Waals surface area contributed by atoms with Crippen LogP contribution in [0.15, 0.2) is 24.3 Å². The predicted molar refractivity (Wildman–Crippen MR) is 82.9 cm³/mol. The van der Waals surface area contributed by atoms with Gasteiger partial charge < -0.3 is 15.5 Å². The van der Waals surface area contributed by atoms with Crippen LogP contribution in [0.4, 0.5) is 5.69 Å². The van der Waals surface area contributed by atoms with E-state index in [1.807, 2.05) is 0 Å². The van der Waals surface area contributed by atoms with Gasteiger partial charge in [0.2, 0.25) is 5.91 Å². The van der Waals surface area contributed by atoms with Gasteiger partial charge in [-0.05, 0) is 24.1 Å². The number of nitrogens with zero attached hydrogens (tertiary/aromatic N) is 1.